The number of hydrogen-bond acceptors (Lipinski definition) is 3. The molecular weight excluding hydrogens is 304 g/mol. The molecule has 5 nitrogen and oxygen atoms in total. The van der Waals surface area contributed by atoms with Crippen molar-refractivity contribution in [2.75, 3.05) is 13.1 Å². The average Bonchev–Trinajstić information content (AvgIpc) is 2.67. The van der Waals surface area contributed by atoms with Crippen molar-refractivity contribution >= 4 is 11.9 Å². The van der Waals surface area contributed by atoms with Crippen molar-refractivity contribution in [3.05, 3.63) is 22.8 Å². The maximum Gasteiger partial charge on any atom is 0.300 e. The minimum absolute atomic E-state index is 0.122. The Hall–Kier alpha value is -1.62. The van der Waals surface area contributed by atoms with Crippen LogP contribution in [0.5, 0.6) is 0 Å². The number of nitrogens with two attached hydrogens (primary N) is 1. The number of carbonyl (C=O) groups is 2. The molecule has 0 aromatic heterocycles. The molecule has 0 aromatic rings. The SMILES string of the molecule is CC(=O)O.CC1=CC(C)=C(C)C1(C)CCNC(=O)CCCCCN. The van der Waals surface area contributed by atoms with Gasteiger partial charge in [0.1, 0.15) is 0 Å². The van der Waals surface area contributed by atoms with Gasteiger partial charge in [-0.3, -0.25) is 9.59 Å². The monoisotopic (exact) mass is 338 g/mol. The van der Waals surface area contributed by atoms with Gasteiger partial charge in [0.2, 0.25) is 5.91 Å². The third kappa shape index (κ3) is 7.77. The summed E-state index contributed by atoms with van der Waals surface area (Å²) >= 11 is 0. The fourth-order valence-electron chi connectivity index (χ4n) is 2.85. The highest BCUT2D eigenvalue weighted by atomic mass is 16.4. The molecule has 1 unspecified atom stereocenters. The van der Waals surface area contributed by atoms with E-state index in [4.69, 9.17) is 15.6 Å². The molecule has 0 saturated heterocycles. The first-order valence-electron chi connectivity index (χ1n) is 8.68. The van der Waals surface area contributed by atoms with Crippen LogP contribution < -0.4 is 11.1 Å². The maximum atomic E-state index is 11.7. The van der Waals surface area contributed by atoms with Gasteiger partial charge in [0.25, 0.3) is 5.97 Å². The number of nitrogens with one attached hydrogen (secondary N) is 1. The molecular formula is C19H34N2O3. The van der Waals surface area contributed by atoms with Crippen molar-refractivity contribution in [1.29, 1.82) is 0 Å². The molecule has 1 aliphatic rings. The highest BCUT2D eigenvalue weighted by Crippen LogP contribution is 2.44. The van der Waals surface area contributed by atoms with E-state index in [1.807, 2.05) is 0 Å². The van der Waals surface area contributed by atoms with Crippen LogP contribution in [0.2, 0.25) is 0 Å². The van der Waals surface area contributed by atoms with Gasteiger partial charge in [0.05, 0.1) is 0 Å². The summed E-state index contributed by atoms with van der Waals surface area (Å²) in [7, 11) is 0. The molecule has 0 fully saturated rings. The van der Waals surface area contributed by atoms with Crippen LogP contribution in [0.4, 0.5) is 0 Å². The van der Waals surface area contributed by atoms with E-state index in [-0.39, 0.29) is 11.3 Å². The van der Waals surface area contributed by atoms with E-state index in [1.165, 1.54) is 16.7 Å². The first-order chi connectivity index (χ1) is 11.1. The molecule has 0 spiro atoms. The van der Waals surface area contributed by atoms with Crippen molar-refractivity contribution in [3.63, 3.8) is 0 Å². The zero-order valence-electron chi connectivity index (χ0n) is 15.9. The van der Waals surface area contributed by atoms with E-state index in [9.17, 15) is 4.79 Å². The van der Waals surface area contributed by atoms with Gasteiger partial charge >= 0.3 is 0 Å². The lowest BCUT2D eigenvalue weighted by Gasteiger charge is -2.29. The molecule has 138 valence electrons. The van der Waals surface area contributed by atoms with Crippen LogP contribution >= 0.6 is 0 Å². The smallest absolute Gasteiger partial charge is 0.300 e. The lowest BCUT2D eigenvalue weighted by molar-refractivity contribution is -0.134. The van der Waals surface area contributed by atoms with Crippen LogP contribution in [0, 0.1) is 5.41 Å². The number of carbonyl (C=O) groups excluding carboxylic acids is 1. The fourth-order valence-corrected chi connectivity index (χ4v) is 2.85. The Bertz CT molecular complexity index is 491. The number of rotatable bonds is 8. The molecule has 4 N–H and O–H groups in total. The summed E-state index contributed by atoms with van der Waals surface area (Å²) in [4.78, 5) is 20.7. The van der Waals surface area contributed by atoms with Crippen LogP contribution in [0.1, 0.15) is 66.7 Å². The number of carboxylic acids is 1. The van der Waals surface area contributed by atoms with E-state index in [2.05, 4.69) is 39.1 Å². The van der Waals surface area contributed by atoms with Crippen molar-refractivity contribution < 1.29 is 14.7 Å². The topological polar surface area (TPSA) is 92.4 Å². The summed E-state index contributed by atoms with van der Waals surface area (Å²) in [6.07, 6.45) is 6.87. The molecule has 0 aliphatic heterocycles. The van der Waals surface area contributed by atoms with Crippen LogP contribution in [0.25, 0.3) is 0 Å². The lowest BCUT2D eigenvalue weighted by Crippen LogP contribution is -2.29. The molecule has 24 heavy (non-hydrogen) atoms. The summed E-state index contributed by atoms with van der Waals surface area (Å²) in [5, 5.41) is 10.5. The minimum atomic E-state index is -0.833. The molecule has 1 amide bonds. The van der Waals surface area contributed by atoms with Gasteiger partial charge in [-0.2, -0.15) is 0 Å². The van der Waals surface area contributed by atoms with Crippen LogP contribution in [0.3, 0.4) is 0 Å². The van der Waals surface area contributed by atoms with E-state index >= 15 is 0 Å². The number of carboxylic acid groups (broad SMARTS) is 1. The molecule has 5 heteroatoms. The predicted octanol–water partition coefficient (Wildman–Crippen LogP) is 3.41. The van der Waals surface area contributed by atoms with Crippen molar-refractivity contribution in [3.8, 4) is 0 Å². The van der Waals surface area contributed by atoms with Crippen LogP contribution in [-0.4, -0.2) is 30.1 Å². The Balaban J connectivity index is 0.00000118. The number of unbranched alkanes of at least 4 members (excludes halogenated alkanes) is 2. The minimum Gasteiger partial charge on any atom is -0.481 e. The number of amides is 1. The second-order valence-corrected chi connectivity index (χ2v) is 6.69. The normalized spacial score (nSPS) is 19.5. The third-order valence-corrected chi connectivity index (χ3v) is 4.78. The quantitative estimate of drug-likeness (QED) is 0.591. The van der Waals surface area contributed by atoms with E-state index in [1.54, 1.807) is 0 Å². The largest absolute Gasteiger partial charge is 0.481 e. The van der Waals surface area contributed by atoms with Crippen LogP contribution in [0.15, 0.2) is 22.8 Å². The zero-order valence-corrected chi connectivity index (χ0v) is 15.9. The Labute approximate surface area is 146 Å². The summed E-state index contributed by atoms with van der Waals surface area (Å²) in [5.74, 6) is -0.663. The van der Waals surface area contributed by atoms with Gasteiger partial charge in [0, 0.05) is 25.3 Å². The summed E-state index contributed by atoms with van der Waals surface area (Å²) in [6, 6.07) is 0. The van der Waals surface area contributed by atoms with E-state index in [0.29, 0.717) is 6.42 Å². The number of aliphatic carboxylic acids is 1. The zero-order chi connectivity index (χ0) is 18.8. The van der Waals surface area contributed by atoms with Gasteiger partial charge in [-0.15, -0.1) is 0 Å². The predicted molar refractivity (Wildman–Crippen MR) is 98.7 cm³/mol. The van der Waals surface area contributed by atoms with Crippen molar-refractivity contribution in [1.82, 2.24) is 5.32 Å². The summed E-state index contributed by atoms with van der Waals surface area (Å²) in [5.41, 5.74) is 9.78. The number of allylic oxidation sites excluding steroid dienone is 4. The van der Waals surface area contributed by atoms with Gasteiger partial charge < -0.3 is 16.2 Å². The average molecular weight is 338 g/mol. The third-order valence-electron chi connectivity index (χ3n) is 4.78. The summed E-state index contributed by atoms with van der Waals surface area (Å²) < 4.78 is 0. The first kappa shape index (κ1) is 22.4. The number of hydrogen-bond donors (Lipinski definition) is 3. The van der Waals surface area contributed by atoms with Gasteiger partial charge in [-0.05, 0) is 46.6 Å². The molecule has 0 radical (unpaired) electrons. The van der Waals surface area contributed by atoms with Crippen LogP contribution in [-0.2, 0) is 9.59 Å². The van der Waals surface area contributed by atoms with Gasteiger partial charge in [-0.1, -0.05) is 36.1 Å². The second-order valence-electron chi connectivity index (χ2n) is 6.69. The van der Waals surface area contributed by atoms with E-state index < -0.39 is 5.97 Å². The second kappa shape index (κ2) is 11.0. The van der Waals surface area contributed by atoms with Gasteiger partial charge in [-0.25, -0.2) is 0 Å². The first-order valence-corrected chi connectivity index (χ1v) is 8.68. The molecule has 0 aromatic carbocycles. The molecule has 0 saturated carbocycles. The molecule has 0 heterocycles. The highest BCUT2D eigenvalue weighted by molar-refractivity contribution is 5.75. The van der Waals surface area contributed by atoms with Crippen molar-refractivity contribution in [2.24, 2.45) is 11.1 Å². The molecule has 1 rings (SSSR count). The highest BCUT2D eigenvalue weighted by Gasteiger charge is 2.32. The molecule has 1 atom stereocenters. The fraction of sp³-hybridized carbons (Fsp3) is 0.684. The Morgan fingerprint density at radius 3 is 2.25 bits per heavy atom. The van der Waals surface area contributed by atoms with Gasteiger partial charge in [0.15, 0.2) is 0 Å². The summed E-state index contributed by atoms with van der Waals surface area (Å²) in [6.45, 7) is 11.4. The standard InChI is InChI=1S/C17H30N2O.C2H4O2/c1-13-12-14(2)17(4,15(13)3)9-11-19-16(20)8-6-5-7-10-18;1-2(3)4/h12H,5-11,18H2,1-4H3,(H,19,20);1H3,(H,3,4). The Morgan fingerprint density at radius 1 is 1.21 bits per heavy atom. The van der Waals surface area contributed by atoms with Crippen molar-refractivity contribution in [2.45, 2.75) is 66.7 Å². The maximum absolute atomic E-state index is 11.7. The van der Waals surface area contributed by atoms with E-state index in [0.717, 1.165) is 45.7 Å². The molecule has 0 bridgehead atoms. The molecule has 1 aliphatic carbocycles. The Morgan fingerprint density at radius 2 is 1.79 bits per heavy atom. The Kier molecular flexibility index (Phi) is 10.3. The lowest BCUT2D eigenvalue weighted by atomic mass is 9.77.